The number of urea groups is 1. The van der Waals surface area contributed by atoms with Gasteiger partial charge in [-0.05, 0) is 30.2 Å². The zero-order chi connectivity index (χ0) is 15.6. The van der Waals surface area contributed by atoms with Crippen LogP contribution in [0, 0.1) is 6.42 Å². The summed E-state index contributed by atoms with van der Waals surface area (Å²) in [6.45, 7) is 0. The third-order valence-electron chi connectivity index (χ3n) is 2.93. The van der Waals surface area contributed by atoms with Crippen molar-refractivity contribution in [1.82, 2.24) is 4.98 Å². The number of hydrogen-bond donors (Lipinski definition) is 5. The molecule has 0 bridgehead atoms. The monoisotopic (exact) mass is 288 g/mol. The smallest absolute Gasteiger partial charge is 0.316 e. The topological polar surface area (TPSA) is 157 Å². The third-order valence-corrected chi connectivity index (χ3v) is 2.93. The minimum absolute atomic E-state index is 0.146. The second-order valence-electron chi connectivity index (χ2n) is 4.40. The molecule has 21 heavy (non-hydrogen) atoms. The summed E-state index contributed by atoms with van der Waals surface area (Å²) in [7, 11) is 0. The second-order valence-corrected chi connectivity index (χ2v) is 4.40. The van der Waals surface area contributed by atoms with E-state index in [-0.39, 0.29) is 12.1 Å². The maximum atomic E-state index is 11.5. The molecule has 8 N–H and O–H groups in total. The van der Waals surface area contributed by atoms with Gasteiger partial charge in [0.2, 0.25) is 5.91 Å². The first-order valence-corrected chi connectivity index (χ1v) is 6.02. The molecule has 1 aromatic heterocycles. The van der Waals surface area contributed by atoms with Crippen molar-refractivity contribution in [3.8, 4) is 0 Å². The number of aromatic amines is 1. The lowest BCUT2D eigenvalue weighted by atomic mass is 10.0. The van der Waals surface area contributed by atoms with Crippen molar-refractivity contribution in [3.05, 3.63) is 35.9 Å². The van der Waals surface area contributed by atoms with E-state index in [1.807, 2.05) is 0 Å². The van der Waals surface area contributed by atoms with Gasteiger partial charge in [-0.15, -0.1) is 0 Å². The van der Waals surface area contributed by atoms with Crippen LogP contribution in [0.4, 0.5) is 10.5 Å². The van der Waals surface area contributed by atoms with E-state index in [1.165, 1.54) is 6.42 Å². The SMILES string of the molecule is NC(=O)[CH]Cc1c(C(N)=O)[nH]c2ccc(NC(N)=O)cc12. The van der Waals surface area contributed by atoms with Crippen LogP contribution in [0.3, 0.4) is 0 Å². The number of fused-ring (bicyclic) bond motifs is 1. The van der Waals surface area contributed by atoms with Crippen LogP contribution >= 0.6 is 0 Å². The normalized spacial score (nSPS) is 10.5. The molecule has 4 amide bonds. The van der Waals surface area contributed by atoms with E-state index in [1.54, 1.807) is 18.2 Å². The van der Waals surface area contributed by atoms with Gasteiger partial charge < -0.3 is 27.5 Å². The van der Waals surface area contributed by atoms with Gasteiger partial charge in [0.1, 0.15) is 5.69 Å². The van der Waals surface area contributed by atoms with Crippen molar-refractivity contribution in [3.63, 3.8) is 0 Å². The molecule has 0 spiro atoms. The Labute approximate surface area is 119 Å². The fourth-order valence-electron chi connectivity index (χ4n) is 2.09. The molecule has 0 saturated heterocycles. The summed E-state index contributed by atoms with van der Waals surface area (Å²) in [6.07, 6.45) is 1.39. The van der Waals surface area contributed by atoms with E-state index < -0.39 is 17.8 Å². The summed E-state index contributed by atoms with van der Waals surface area (Å²) in [6, 6.07) is 4.22. The second kappa shape index (κ2) is 5.53. The third kappa shape index (κ3) is 3.11. The number of carbonyl (C=O) groups excluding carboxylic acids is 3. The standard InChI is InChI=1S/C13H14N5O3/c14-10(19)4-2-7-8-5-6(17-13(16)21)1-3-9(8)18-11(7)12(15)20/h1,3-5,18H,2H2,(H2,14,19)(H2,15,20)(H3,16,17,21). The highest BCUT2D eigenvalue weighted by molar-refractivity contribution is 6.02. The van der Waals surface area contributed by atoms with Crippen molar-refractivity contribution in [2.24, 2.45) is 17.2 Å². The molecule has 0 unspecified atom stereocenters. The van der Waals surface area contributed by atoms with Gasteiger partial charge in [-0.25, -0.2) is 4.79 Å². The van der Waals surface area contributed by atoms with Crippen molar-refractivity contribution in [2.45, 2.75) is 6.42 Å². The number of nitrogens with one attached hydrogen (secondary N) is 2. The van der Waals surface area contributed by atoms with E-state index in [0.29, 0.717) is 22.2 Å². The fourth-order valence-corrected chi connectivity index (χ4v) is 2.09. The lowest BCUT2D eigenvalue weighted by molar-refractivity contribution is -0.115. The van der Waals surface area contributed by atoms with Gasteiger partial charge in [0, 0.05) is 16.6 Å². The summed E-state index contributed by atoms with van der Waals surface area (Å²) in [4.78, 5) is 36.1. The van der Waals surface area contributed by atoms with E-state index in [4.69, 9.17) is 17.2 Å². The summed E-state index contributed by atoms with van der Waals surface area (Å²) in [5.74, 6) is -1.25. The molecule has 8 nitrogen and oxygen atoms in total. The average Bonchev–Trinajstić information content (AvgIpc) is 2.73. The highest BCUT2D eigenvalue weighted by Crippen LogP contribution is 2.26. The number of hydrogen-bond acceptors (Lipinski definition) is 3. The average molecular weight is 288 g/mol. The molecule has 1 heterocycles. The maximum absolute atomic E-state index is 11.5. The number of amides is 4. The minimum Gasteiger partial charge on any atom is -0.369 e. The number of primary amides is 3. The molecule has 2 aromatic rings. The molecule has 2 rings (SSSR count). The minimum atomic E-state index is -0.703. The Morgan fingerprint density at radius 3 is 2.48 bits per heavy atom. The van der Waals surface area contributed by atoms with Crippen molar-refractivity contribution >= 4 is 34.4 Å². The van der Waals surface area contributed by atoms with Crippen LogP contribution in [0.1, 0.15) is 16.1 Å². The molecule has 8 heteroatoms. The Morgan fingerprint density at radius 2 is 1.90 bits per heavy atom. The van der Waals surface area contributed by atoms with Crippen LogP contribution in [-0.2, 0) is 11.2 Å². The number of H-pyrrole nitrogens is 1. The van der Waals surface area contributed by atoms with Crippen LogP contribution in [0.25, 0.3) is 10.9 Å². The molecule has 1 radical (unpaired) electrons. The van der Waals surface area contributed by atoms with Crippen LogP contribution in [0.15, 0.2) is 18.2 Å². The summed E-state index contributed by atoms with van der Waals surface area (Å²) < 4.78 is 0. The van der Waals surface area contributed by atoms with E-state index >= 15 is 0 Å². The Kier molecular flexibility index (Phi) is 3.79. The van der Waals surface area contributed by atoms with Crippen LogP contribution in [0.5, 0.6) is 0 Å². The van der Waals surface area contributed by atoms with Crippen LogP contribution < -0.4 is 22.5 Å². The lowest BCUT2D eigenvalue weighted by Gasteiger charge is -2.03. The van der Waals surface area contributed by atoms with Gasteiger partial charge in [0.05, 0.1) is 6.42 Å². The van der Waals surface area contributed by atoms with Gasteiger partial charge in [-0.1, -0.05) is 0 Å². The molecule has 0 fully saturated rings. The number of rotatable bonds is 5. The Hall–Kier alpha value is -3.03. The first-order chi connectivity index (χ1) is 9.88. The number of anilines is 1. The largest absolute Gasteiger partial charge is 0.369 e. The molecule has 109 valence electrons. The Balaban J connectivity index is 2.52. The molecule has 1 aromatic carbocycles. The van der Waals surface area contributed by atoms with Crippen molar-refractivity contribution in [1.29, 1.82) is 0 Å². The number of carbonyl (C=O) groups is 3. The van der Waals surface area contributed by atoms with Crippen LogP contribution in [-0.4, -0.2) is 22.8 Å². The molecule has 0 atom stereocenters. The molecule has 0 saturated carbocycles. The van der Waals surface area contributed by atoms with Crippen LogP contribution in [0.2, 0.25) is 0 Å². The number of nitrogens with two attached hydrogens (primary N) is 3. The predicted octanol–water partition coefficient (Wildman–Crippen LogP) is -0.0105. The van der Waals surface area contributed by atoms with E-state index in [9.17, 15) is 14.4 Å². The van der Waals surface area contributed by atoms with E-state index in [0.717, 1.165) is 0 Å². The zero-order valence-electron chi connectivity index (χ0n) is 11.0. The quantitative estimate of drug-likeness (QED) is 0.524. The number of aromatic nitrogens is 1. The molecule has 0 aliphatic carbocycles. The first-order valence-electron chi connectivity index (χ1n) is 6.02. The molecular formula is C13H14N5O3. The maximum Gasteiger partial charge on any atom is 0.316 e. The molecule has 0 aliphatic heterocycles. The zero-order valence-corrected chi connectivity index (χ0v) is 11.0. The highest BCUT2D eigenvalue weighted by Gasteiger charge is 2.16. The van der Waals surface area contributed by atoms with Gasteiger partial charge in [-0.3, -0.25) is 9.59 Å². The van der Waals surface area contributed by atoms with Crippen molar-refractivity contribution in [2.75, 3.05) is 5.32 Å². The first kappa shape index (κ1) is 14.4. The van der Waals surface area contributed by atoms with Crippen molar-refractivity contribution < 1.29 is 14.4 Å². The predicted molar refractivity (Wildman–Crippen MR) is 77.2 cm³/mol. The van der Waals surface area contributed by atoms with Gasteiger partial charge in [0.15, 0.2) is 0 Å². The summed E-state index contributed by atoms with van der Waals surface area (Å²) in [5.41, 5.74) is 17.3. The lowest BCUT2D eigenvalue weighted by Crippen LogP contribution is -2.19. The Morgan fingerprint density at radius 1 is 1.19 bits per heavy atom. The summed E-state index contributed by atoms with van der Waals surface area (Å²) >= 11 is 0. The summed E-state index contributed by atoms with van der Waals surface area (Å²) in [5, 5.41) is 3.08. The Bertz CT molecular complexity index is 735. The molecular weight excluding hydrogens is 274 g/mol. The van der Waals surface area contributed by atoms with Gasteiger partial charge >= 0.3 is 6.03 Å². The molecule has 0 aliphatic rings. The van der Waals surface area contributed by atoms with Gasteiger partial charge in [0.25, 0.3) is 5.91 Å². The fraction of sp³-hybridized carbons (Fsp3) is 0.0769. The van der Waals surface area contributed by atoms with E-state index in [2.05, 4.69) is 10.3 Å². The van der Waals surface area contributed by atoms with Gasteiger partial charge in [-0.2, -0.15) is 0 Å². The highest BCUT2D eigenvalue weighted by atomic mass is 16.2. The number of benzene rings is 1.